The fourth-order valence-corrected chi connectivity index (χ4v) is 4.73. The molecule has 0 aromatic heterocycles. The maximum Gasteiger partial charge on any atom is 0.268 e. The Morgan fingerprint density at radius 1 is 0.781 bits per heavy atom. The lowest BCUT2D eigenvalue weighted by Crippen LogP contribution is -2.33. The van der Waals surface area contributed by atoms with Crippen LogP contribution >= 0.6 is 11.8 Å². The van der Waals surface area contributed by atoms with Crippen LogP contribution < -0.4 is 4.74 Å². The molecule has 4 nitrogen and oxygen atoms in total. The van der Waals surface area contributed by atoms with Gasteiger partial charge in [-0.2, -0.15) is 0 Å². The molecule has 162 valence electrons. The second-order valence-corrected chi connectivity index (χ2v) is 8.42. The summed E-state index contributed by atoms with van der Waals surface area (Å²) in [6, 6.07) is 27.3. The molecule has 5 heteroatoms. The fourth-order valence-electron chi connectivity index (χ4n) is 3.65. The SMILES string of the molecule is CCOc1ccc(C2=C(SCc3ccccc3)C(=O)N(CCc3ccccc3)C2=O)cc1. The molecule has 1 aliphatic heterocycles. The third kappa shape index (κ3) is 4.94. The molecule has 0 atom stereocenters. The molecule has 0 spiro atoms. The van der Waals surface area contributed by atoms with Gasteiger partial charge in [-0.1, -0.05) is 72.8 Å². The zero-order valence-corrected chi connectivity index (χ0v) is 18.8. The molecular formula is C27H25NO3S. The summed E-state index contributed by atoms with van der Waals surface area (Å²) in [5.41, 5.74) is 3.43. The summed E-state index contributed by atoms with van der Waals surface area (Å²) in [4.78, 5) is 28.6. The second-order valence-electron chi connectivity index (χ2n) is 7.43. The molecular weight excluding hydrogens is 418 g/mol. The molecule has 3 aromatic rings. The first-order chi connectivity index (χ1) is 15.7. The molecule has 0 N–H and O–H groups in total. The standard InChI is InChI=1S/C27H25NO3S/c1-2-31-23-15-13-22(14-16-23)24-25(32-19-21-11-7-4-8-12-21)27(30)28(26(24)29)18-17-20-9-5-3-6-10-20/h3-16H,2,17-19H2,1H3. The number of hydrogen-bond donors (Lipinski definition) is 0. The topological polar surface area (TPSA) is 46.6 Å². The van der Waals surface area contributed by atoms with E-state index in [4.69, 9.17) is 4.74 Å². The first kappa shape index (κ1) is 21.9. The molecule has 0 bridgehead atoms. The van der Waals surface area contributed by atoms with Gasteiger partial charge in [0.2, 0.25) is 0 Å². The third-order valence-corrected chi connectivity index (χ3v) is 6.42. The number of amides is 2. The fraction of sp³-hybridized carbons (Fsp3) is 0.185. The van der Waals surface area contributed by atoms with E-state index in [1.165, 1.54) is 16.7 Å². The van der Waals surface area contributed by atoms with Gasteiger partial charge in [0.1, 0.15) is 5.75 Å². The maximum absolute atomic E-state index is 13.4. The van der Waals surface area contributed by atoms with Gasteiger partial charge in [-0.05, 0) is 42.2 Å². The van der Waals surface area contributed by atoms with Crippen LogP contribution in [0.25, 0.3) is 5.57 Å². The summed E-state index contributed by atoms with van der Waals surface area (Å²) in [5, 5.41) is 0. The van der Waals surface area contributed by atoms with Crippen LogP contribution in [-0.4, -0.2) is 29.9 Å². The van der Waals surface area contributed by atoms with E-state index >= 15 is 0 Å². The number of rotatable bonds is 9. The van der Waals surface area contributed by atoms with Crippen LogP contribution in [0.3, 0.4) is 0 Å². The van der Waals surface area contributed by atoms with Gasteiger partial charge in [-0.25, -0.2) is 0 Å². The van der Waals surface area contributed by atoms with Gasteiger partial charge in [0.05, 0.1) is 17.1 Å². The Bertz CT molecular complexity index is 1110. The zero-order chi connectivity index (χ0) is 22.3. The number of imide groups is 1. The first-order valence-corrected chi connectivity index (χ1v) is 11.7. The Morgan fingerprint density at radius 3 is 2.03 bits per heavy atom. The highest BCUT2D eigenvalue weighted by Gasteiger charge is 2.38. The van der Waals surface area contributed by atoms with E-state index in [1.54, 1.807) is 0 Å². The molecule has 0 aliphatic carbocycles. The predicted molar refractivity (Wildman–Crippen MR) is 129 cm³/mol. The van der Waals surface area contributed by atoms with Crippen molar-refractivity contribution in [2.24, 2.45) is 0 Å². The van der Waals surface area contributed by atoms with E-state index in [2.05, 4.69) is 0 Å². The van der Waals surface area contributed by atoms with Crippen LogP contribution in [0.1, 0.15) is 23.6 Å². The van der Waals surface area contributed by atoms with Crippen molar-refractivity contribution in [2.45, 2.75) is 19.1 Å². The van der Waals surface area contributed by atoms with Crippen molar-refractivity contribution in [3.8, 4) is 5.75 Å². The van der Waals surface area contributed by atoms with Crippen molar-refractivity contribution >= 4 is 29.1 Å². The van der Waals surface area contributed by atoms with Crippen LogP contribution in [0.15, 0.2) is 89.8 Å². The maximum atomic E-state index is 13.4. The van der Waals surface area contributed by atoms with Crippen molar-refractivity contribution in [3.05, 3.63) is 107 Å². The van der Waals surface area contributed by atoms with Gasteiger partial charge in [0.15, 0.2) is 0 Å². The molecule has 0 unspecified atom stereocenters. The van der Waals surface area contributed by atoms with Gasteiger partial charge >= 0.3 is 0 Å². The summed E-state index contributed by atoms with van der Waals surface area (Å²) in [6.07, 6.45) is 0.630. The summed E-state index contributed by atoms with van der Waals surface area (Å²) < 4.78 is 5.53. The van der Waals surface area contributed by atoms with E-state index in [0.717, 1.165) is 22.4 Å². The van der Waals surface area contributed by atoms with E-state index in [-0.39, 0.29) is 11.8 Å². The normalized spacial score (nSPS) is 13.7. The lowest BCUT2D eigenvalue weighted by atomic mass is 10.1. The van der Waals surface area contributed by atoms with Crippen molar-refractivity contribution in [1.82, 2.24) is 4.90 Å². The molecule has 0 fully saturated rings. The van der Waals surface area contributed by atoms with Crippen LogP contribution in [0.4, 0.5) is 0 Å². The summed E-state index contributed by atoms with van der Waals surface area (Å²) >= 11 is 1.43. The average Bonchev–Trinajstić information content (AvgIpc) is 3.07. The lowest BCUT2D eigenvalue weighted by molar-refractivity contribution is -0.136. The van der Waals surface area contributed by atoms with Gasteiger partial charge in [0, 0.05) is 12.3 Å². The smallest absolute Gasteiger partial charge is 0.268 e. The lowest BCUT2D eigenvalue weighted by Gasteiger charge is -2.15. The molecule has 2 amide bonds. The van der Waals surface area contributed by atoms with Crippen molar-refractivity contribution in [2.75, 3.05) is 13.2 Å². The van der Waals surface area contributed by atoms with Crippen LogP contribution in [0.2, 0.25) is 0 Å². The Balaban J connectivity index is 1.60. The molecule has 1 aliphatic rings. The van der Waals surface area contributed by atoms with Crippen LogP contribution in [0, 0.1) is 0 Å². The highest BCUT2D eigenvalue weighted by atomic mass is 32.2. The summed E-state index contributed by atoms with van der Waals surface area (Å²) in [5.74, 6) is 0.928. The number of hydrogen-bond acceptors (Lipinski definition) is 4. The minimum atomic E-state index is -0.231. The number of benzene rings is 3. The molecule has 0 saturated heterocycles. The summed E-state index contributed by atoms with van der Waals surface area (Å²) in [7, 11) is 0. The number of thioether (sulfide) groups is 1. The van der Waals surface area contributed by atoms with E-state index in [1.807, 2.05) is 91.9 Å². The van der Waals surface area contributed by atoms with E-state index in [9.17, 15) is 9.59 Å². The number of carbonyl (C=O) groups is 2. The molecule has 3 aromatic carbocycles. The highest BCUT2D eigenvalue weighted by Crippen LogP contribution is 2.38. The zero-order valence-electron chi connectivity index (χ0n) is 18.0. The largest absolute Gasteiger partial charge is 0.494 e. The van der Waals surface area contributed by atoms with Crippen molar-refractivity contribution in [1.29, 1.82) is 0 Å². The summed E-state index contributed by atoms with van der Waals surface area (Å²) in [6.45, 7) is 2.86. The van der Waals surface area contributed by atoms with Crippen LogP contribution in [0.5, 0.6) is 5.75 Å². The third-order valence-electron chi connectivity index (χ3n) is 5.27. The molecule has 1 heterocycles. The Labute approximate surface area is 192 Å². The molecule has 4 rings (SSSR count). The second kappa shape index (κ2) is 10.3. The average molecular weight is 444 g/mol. The van der Waals surface area contributed by atoms with Crippen molar-refractivity contribution in [3.63, 3.8) is 0 Å². The van der Waals surface area contributed by atoms with Gasteiger partial charge in [0.25, 0.3) is 11.8 Å². The first-order valence-electron chi connectivity index (χ1n) is 10.7. The molecule has 0 radical (unpaired) electrons. The Morgan fingerprint density at radius 2 is 1.41 bits per heavy atom. The van der Waals surface area contributed by atoms with E-state index < -0.39 is 0 Å². The van der Waals surface area contributed by atoms with Gasteiger partial charge < -0.3 is 4.74 Å². The quantitative estimate of drug-likeness (QED) is 0.419. The van der Waals surface area contributed by atoms with E-state index in [0.29, 0.717) is 35.8 Å². The predicted octanol–water partition coefficient (Wildman–Crippen LogP) is 5.34. The highest BCUT2D eigenvalue weighted by molar-refractivity contribution is 8.03. The molecule has 32 heavy (non-hydrogen) atoms. The van der Waals surface area contributed by atoms with Crippen LogP contribution in [-0.2, 0) is 21.8 Å². The minimum absolute atomic E-state index is 0.212. The monoisotopic (exact) mass is 443 g/mol. The molecule has 0 saturated carbocycles. The Kier molecular flexibility index (Phi) is 7.07. The number of carbonyl (C=O) groups excluding carboxylic acids is 2. The number of nitrogens with zero attached hydrogens (tertiary/aromatic N) is 1. The van der Waals surface area contributed by atoms with Gasteiger partial charge in [-0.15, -0.1) is 11.8 Å². The van der Waals surface area contributed by atoms with Gasteiger partial charge in [-0.3, -0.25) is 14.5 Å². The minimum Gasteiger partial charge on any atom is -0.494 e. The number of ether oxygens (including phenoxy) is 1. The van der Waals surface area contributed by atoms with Crippen molar-refractivity contribution < 1.29 is 14.3 Å². The Hall–Kier alpha value is -3.31.